The van der Waals surface area contributed by atoms with Crippen LogP contribution < -0.4 is 5.32 Å². The number of hydrogen-bond donors (Lipinski definition) is 2. The number of carbonyl (C=O) groups excluding carboxylic acids is 1. The van der Waals surface area contributed by atoms with Crippen LogP contribution in [0.5, 0.6) is 0 Å². The van der Waals surface area contributed by atoms with Gasteiger partial charge in [-0.3, -0.25) is 9.59 Å². The van der Waals surface area contributed by atoms with Crippen molar-refractivity contribution in [3.8, 4) is 0 Å². The summed E-state index contributed by atoms with van der Waals surface area (Å²) in [6, 6.07) is 6.59. The van der Waals surface area contributed by atoms with Gasteiger partial charge in [0.15, 0.2) is 0 Å². The summed E-state index contributed by atoms with van der Waals surface area (Å²) in [6.45, 7) is 0.0177. The van der Waals surface area contributed by atoms with Crippen LogP contribution in [0.25, 0.3) is 0 Å². The Morgan fingerprint density at radius 3 is 2.67 bits per heavy atom. The first kappa shape index (κ1) is 15.4. The van der Waals surface area contributed by atoms with Crippen LogP contribution in [0.4, 0.5) is 10.1 Å². The molecule has 1 saturated heterocycles. The van der Waals surface area contributed by atoms with E-state index in [1.165, 1.54) is 0 Å². The minimum Gasteiger partial charge on any atom is -0.481 e. The molecule has 21 heavy (non-hydrogen) atoms. The van der Waals surface area contributed by atoms with E-state index in [4.69, 9.17) is 9.84 Å². The lowest BCUT2D eigenvalue weighted by Crippen LogP contribution is -2.42. The molecule has 2 rings (SSSR count). The van der Waals surface area contributed by atoms with Gasteiger partial charge in [-0.15, -0.1) is 0 Å². The Labute approximate surface area is 122 Å². The third kappa shape index (κ3) is 3.78. The summed E-state index contributed by atoms with van der Waals surface area (Å²) in [5.41, 5.74) is 0.0285. The molecule has 1 amide bonds. The lowest BCUT2D eigenvalue weighted by molar-refractivity contribution is -0.136. The van der Waals surface area contributed by atoms with Crippen LogP contribution in [-0.4, -0.2) is 36.9 Å². The highest BCUT2D eigenvalue weighted by molar-refractivity contribution is 5.95. The average Bonchev–Trinajstić information content (AvgIpc) is 2.47. The van der Waals surface area contributed by atoms with Gasteiger partial charge < -0.3 is 15.2 Å². The highest BCUT2D eigenvalue weighted by atomic mass is 19.1. The van der Waals surface area contributed by atoms with Crippen LogP contribution in [0.1, 0.15) is 18.4 Å². The summed E-state index contributed by atoms with van der Waals surface area (Å²) in [5, 5.41) is 11.5. The first-order chi connectivity index (χ1) is 10.1. The van der Waals surface area contributed by atoms with E-state index in [2.05, 4.69) is 5.32 Å². The van der Waals surface area contributed by atoms with Crippen molar-refractivity contribution >= 4 is 17.6 Å². The van der Waals surface area contributed by atoms with E-state index in [0.29, 0.717) is 37.3 Å². The maximum absolute atomic E-state index is 13.3. The summed E-state index contributed by atoms with van der Waals surface area (Å²) >= 11 is 0. The van der Waals surface area contributed by atoms with Gasteiger partial charge in [0.1, 0.15) is 6.67 Å². The molecule has 1 aromatic rings. The number of alkyl halides is 1. The molecule has 114 valence electrons. The predicted octanol–water partition coefficient (Wildman–Crippen LogP) is 2.02. The van der Waals surface area contributed by atoms with Crippen LogP contribution in [0.15, 0.2) is 24.3 Å². The number of anilines is 1. The maximum Gasteiger partial charge on any atom is 0.307 e. The fourth-order valence-electron chi connectivity index (χ4n) is 2.38. The topological polar surface area (TPSA) is 75.6 Å². The lowest BCUT2D eigenvalue weighted by Gasteiger charge is -2.33. The Kier molecular flexibility index (Phi) is 4.90. The molecule has 0 aromatic heterocycles. The zero-order valence-corrected chi connectivity index (χ0v) is 11.6. The zero-order valence-electron chi connectivity index (χ0n) is 11.6. The molecule has 1 heterocycles. The van der Waals surface area contributed by atoms with Gasteiger partial charge in [-0.25, -0.2) is 4.39 Å². The number of amides is 1. The second-order valence-corrected chi connectivity index (χ2v) is 5.25. The van der Waals surface area contributed by atoms with Crippen LogP contribution in [-0.2, 0) is 20.7 Å². The molecule has 0 saturated carbocycles. The van der Waals surface area contributed by atoms with E-state index in [-0.39, 0.29) is 12.3 Å². The van der Waals surface area contributed by atoms with Crippen LogP contribution >= 0.6 is 0 Å². The standard InChI is InChI=1S/C15H18FNO4/c16-10-15(4-6-21-7-5-15)14(20)17-12-3-1-2-11(8-12)9-13(18)19/h1-3,8H,4-7,9-10H2,(H,17,20)(H,18,19). The van der Waals surface area contributed by atoms with Gasteiger partial charge in [-0.2, -0.15) is 0 Å². The molecule has 1 fully saturated rings. The molecular formula is C15H18FNO4. The van der Waals surface area contributed by atoms with E-state index >= 15 is 0 Å². The number of halogens is 1. The van der Waals surface area contributed by atoms with Crippen molar-refractivity contribution in [2.75, 3.05) is 25.2 Å². The summed E-state index contributed by atoms with van der Waals surface area (Å²) in [4.78, 5) is 23.0. The first-order valence-corrected chi connectivity index (χ1v) is 6.82. The SMILES string of the molecule is O=C(O)Cc1cccc(NC(=O)C2(CF)CCOCC2)c1. The molecular weight excluding hydrogens is 277 g/mol. The van der Waals surface area contributed by atoms with E-state index in [0.717, 1.165) is 0 Å². The second-order valence-electron chi connectivity index (χ2n) is 5.25. The van der Waals surface area contributed by atoms with Gasteiger partial charge in [0.2, 0.25) is 5.91 Å². The van der Waals surface area contributed by atoms with E-state index in [9.17, 15) is 14.0 Å². The molecule has 0 atom stereocenters. The number of aliphatic carboxylic acids is 1. The van der Waals surface area contributed by atoms with Crippen molar-refractivity contribution in [3.63, 3.8) is 0 Å². The van der Waals surface area contributed by atoms with Gasteiger partial charge in [-0.1, -0.05) is 12.1 Å². The Balaban J connectivity index is 2.09. The quantitative estimate of drug-likeness (QED) is 0.871. The minimum absolute atomic E-state index is 0.119. The third-order valence-corrected chi connectivity index (χ3v) is 3.73. The summed E-state index contributed by atoms with van der Waals surface area (Å²) < 4.78 is 18.5. The molecule has 2 N–H and O–H groups in total. The smallest absolute Gasteiger partial charge is 0.307 e. The summed E-state index contributed by atoms with van der Waals surface area (Å²) in [5.74, 6) is -1.32. The van der Waals surface area contributed by atoms with Crippen molar-refractivity contribution in [1.29, 1.82) is 0 Å². The first-order valence-electron chi connectivity index (χ1n) is 6.82. The monoisotopic (exact) mass is 295 g/mol. The van der Waals surface area contributed by atoms with Crippen molar-refractivity contribution in [1.82, 2.24) is 0 Å². The molecule has 0 radical (unpaired) electrons. The Morgan fingerprint density at radius 2 is 2.05 bits per heavy atom. The summed E-state index contributed by atoms with van der Waals surface area (Å²) in [7, 11) is 0. The van der Waals surface area contributed by atoms with Gasteiger partial charge in [0.05, 0.1) is 11.8 Å². The Hall–Kier alpha value is -1.95. The molecule has 6 heteroatoms. The Bertz CT molecular complexity index is 526. The van der Waals surface area contributed by atoms with Crippen LogP contribution in [0.3, 0.4) is 0 Å². The average molecular weight is 295 g/mol. The van der Waals surface area contributed by atoms with Gasteiger partial charge >= 0.3 is 5.97 Å². The van der Waals surface area contributed by atoms with E-state index < -0.39 is 18.1 Å². The molecule has 1 aromatic carbocycles. The fraction of sp³-hybridized carbons (Fsp3) is 0.467. The van der Waals surface area contributed by atoms with Gasteiger partial charge in [0.25, 0.3) is 0 Å². The zero-order chi connectivity index (χ0) is 15.3. The van der Waals surface area contributed by atoms with Gasteiger partial charge in [-0.05, 0) is 30.5 Å². The van der Waals surface area contributed by atoms with Crippen molar-refractivity contribution in [3.05, 3.63) is 29.8 Å². The maximum atomic E-state index is 13.3. The molecule has 1 aliphatic heterocycles. The number of carbonyl (C=O) groups is 2. The number of carboxylic acids is 1. The van der Waals surface area contributed by atoms with Crippen molar-refractivity contribution < 1.29 is 23.8 Å². The van der Waals surface area contributed by atoms with E-state index in [1.807, 2.05) is 0 Å². The molecule has 1 aliphatic rings. The highest BCUT2D eigenvalue weighted by Gasteiger charge is 2.40. The number of hydrogen-bond acceptors (Lipinski definition) is 3. The lowest BCUT2D eigenvalue weighted by atomic mass is 9.80. The number of nitrogens with one attached hydrogen (secondary N) is 1. The van der Waals surface area contributed by atoms with Crippen molar-refractivity contribution in [2.24, 2.45) is 5.41 Å². The molecule has 0 spiro atoms. The normalized spacial score (nSPS) is 17.2. The summed E-state index contributed by atoms with van der Waals surface area (Å²) in [6.07, 6.45) is 0.583. The number of carboxylic acid groups (broad SMARTS) is 1. The van der Waals surface area contributed by atoms with Crippen LogP contribution in [0, 0.1) is 5.41 Å². The minimum atomic E-state index is -1.04. The molecule has 0 aliphatic carbocycles. The number of ether oxygens (including phenoxy) is 1. The molecule has 0 unspecified atom stereocenters. The molecule has 0 bridgehead atoms. The van der Waals surface area contributed by atoms with Crippen molar-refractivity contribution in [2.45, 2.75) is 19.3 Å². The fourth-order valence-corrected chi connectivity index (χ4v) is 2.38. The predicted molar refractivity (Wildman–Crippen MR) is 74.9 cm³/mol. The second kappa shape index (κ2) is 6.67. The number of rotatable bonds is 5. The number of benzene rings is 1. The van der Waals surface area contributed by atoms with E-state index in [1.54, 1.807) is 24.3 Å². The third-order valence-electron chi connectivity index (χ3n) is 3.73. The largest absolute Gasteiger partial charge is 0.481 e. The Morgan fingerprint density at radius 1 is 1.33 bits per heavy atom. The molecule has 5 nitrogen and oxygen atoms in total. The highest BCUT2D eigenvalue weighted by Crippen LogP contribution is 2.32. The van der Waals surface area contributed by atoms with Crippen LogP contribution in [0.2, 0.25) is 0 Å². The van der Waals surface area contributed by atoms with Gasteiger partial charge in [0, 0.05) is 18.9 Å².